The molecule has 0 aliphatic carbocycles. The summed E-state index contributed by atoms with van der Waals surface area (Å²) in [6, 6.07) is 9.88. The predicted molar refractivity (Wildman–Crippen MR) is 102 cm³/mol. The molecule has 2 N–H and O–H groups in total. The Morgan fingerprint density at radius 1 is 1.32 bits per heavy atom. The lowest BCUT2D eigenvalue weighted by Gasteiger charge is -2.22. The van der Waals surface area contributed by atoms with Crippen molar-refractivity contribution in [1.82, 2.24) is 20.4 Å². The Balaban J connectivity index is 1.76. The standard InChI is InChI=1S/C19H29N5O/c1-4-20-19(21-12-8-9-17-15-22-23-16(17)2)24(3)13-14-25-18-10-6-5-7-11-18/h5-7,10-11,15H,4,8-9,12-14H2,1-3H3,(H,20,21)(H,22,23). The number of ether oxygens (including phenoxy) is 1. The quantitative estimate of drug-likeness (QED) is 0.417. The summed E-state index contributed by atoms with van der Waals surface area (Å²) >= 11 is 0. The van der Waals surface area contributed by atoms with Crippen LogP contribution in [-0.4, -0.2) is 54.3 Å². The van der Waals surface area contributed by atoms with E-state index >= 15 is 0 Å². The van der Waals surface area contributed by atoms with Crippen molar-refractivity contribution in [2.24, 2.45) is 4.99 Å². The monoisotopic (exact) mass is 343 g/mol. The zero-order chi connectivity index (χ0) is 17.9. The highest BCUT2D eigenvalue weighted by Crippen LogP contribution is 2.08. The lowest BCUT2D eigenvalue weighted by atomic mass is 10.1. The predicted octanol–water partition coefficient (Wildman–Crippen LogP) is 2.63. The van der Waals surface area contributed by atoms with Gasteiger partial charge in [0.2, 0.25) is 0 Å². The number of para-hydroxylation sites is 1. The first kappa shape index (κ1) is 18.8. The van der Waals surface area contributed by atoms with Gasteiger partial charge in [-0.05, 0) is 44.4 Å². The number of hydrogen-bond donors (Lipinski definition) is 2. The molecule has 0 aliphatic rings. The van der Waals surface area contributed by atoms with Crippen LogP contribution in [0.5, 0.6) is 5.75 Å². The molecule has 0 saturated carbocycles. The molecule has 0 fully saturated rings. The van der Waals surface area contributed by atoms with Gasteiger partial charge in [-0.2, -0.15) is 5.10 Å². The summed E-state index contributed by atoms with van der Waals surface area (Å²) in [7, 11) is 2.04. The fourth-order valence-electron chi connectivity index (χ4n) is 2.47. The molecule has 0 atom stereocenters. The molecular formula is C19H29N5O. The average molecular weight is 343 g/mol. The molecule has 2 rings (SSSR count). The van der Waals surface area contributed by atoms with Crippen LogP contribution in [0.2, 0.25) is 0 Å². The summed E-state index contributed by atoms with van der Waals surface area (Å²) < 4.78 is 5.76. The smallest absolute Gasteiger partial charge is 0.193 e. The van der Waals surface area contributed by atoms with Crippen LogP contribution in [0.25, 0.3) is 0 Å². The van der Waals surface area contributed by atoms with Gasteiger partial charge in [0.15, 0.2) is 5.96 Å². The van der Waals surface area contributed by atoms with Gasteiger partial charge in [0.25, 0.3) is 0 Å². The van der Waals surface area contributed by atoms with E-state index in [1.54, 1.807) is 0 Å². The first-order chi connectivity index (χ1) is 12.2. The van der Waals surface area contributed by atoms with Gasteiger partial charge in [0.05, 0.1) is 12.7 Å². The largest absolute Gasteiger partial charge is 0.492 e. The molecule has 1 heterocycles. The van der Waals surface area contributed by atoms with Crippen LogP contribution in [0.1, 0.15) is 24.6 Å². The molecule has 0 aliphatic heterocycles. The second-order valence-electron chi connectivity index (χ2n) is 5.94. The summed E-state index contributed by atoms with van der Waals surface area (Å²) in [6.07, 6.45) is 3.90. The van der Waals surface area contributed by atoms with Crippen LogP contribution >= 0.6 is 0 Å². The summed E-state index contributed by atoms with van der Waals surface area (Å²) in [5.41, 5.74) is 2.41. The van der Waals surface area contributed by atoms with Gasteiger partial charge >= 0.3 is 0 Å². The Hall–Kier alpha value is -2.50. The Bertz CT molecular complexity index is 638. The van der Waals surface area contributed by atoms with Crippen molar-refractivity contribution in [3.63, 3.8) is 0 Å². The van der Waals surface area contributed by atoms with Crippen molar-refractivity contribution in [2.45, 2.75) is 26.7 Å². The van der Waals surface area contributed by atoms with Crippen molar-refractivity contribution < 1.29 is 4.74 Å². The first-order valence-corrected chi connectivity index (χ1v) is 8.87. The van der Waals surface area contributed by atoms with Crippen LogP contribution < -0.4 is 10.1 Å². The number of guanidine groups is 1. The molecule has 25 heavy (non-hydrogen) atoms. The van der Waals surface area contributed by atoms with E-state index in [1.165, 1.54) is 5.56 Å². The minimum Gasteiger partial charge on any atom is -0.492 e. The molecular weight excluding hydrogens is 314 g/mol. The molecule has 0 saturated heterocycles. The van der Waals surface area contributed by atoms with Crippen molar-refractivity contribution >= 4 is 5.96 Å². The van der Waals surface area contributed by atoms with Gasteiger partial charge in [0.1, 0.15) is 12.4 Å². The third kappa shape index (κ3) is 6.49. The minimum absolute atomic E-state index is 0.624. The summed E-state index contributed by atoms with van der Waals surface area (Å²) in [6.45, 7) is 7.18. The summed E-state index contributed by atoms with van der Waals surface area (Å²) in [4.78, 5) is 6.82. The fourth-order valence-corrected chi connectivity index (χ4v) is 2.47. The van der Waals surface area contributed by atoms with E-state index in [0.29, 0.717) is 6.61 Å². The van der Waals surface area contributed by atoms with Crippen molar-refractivity contribution in [3.8, 4) is 5.75 Å². The fraction of sp³-hybridized carbons (Fsp3) is 0.474. The third-order valence-electron chi connectivity index (χ3n) is 3.94. The molecule has 0 spiro atoms. The minimum atomic E-state index is 0.624. The number of H-pyrrole nitrogens is 1. The van der Waals surface area contributed by atoms with Crippen molar-refractivity contribution in [3.05, 3.63) is 47.8 Å². The molecule has 1 aromatic carbocycles. The van der Waals surface area contributed by atoms with Gasteiger partial charge in [-0.3, -0.25) is 10.1 Å². The SMILES string of the molecule is CCNC(=NCCCc1cn[nH]c1C)N(C)CCOc1ccccc1. The number of nitrogens with zero attached hydrogens (tertiary/aromatic N) is 3. The number of aliphatic imine (C=N–C) groups is 1. The molecule has 2 aromatic rings. The van der Waals surface area contributed by atoms with E-state index in [2.05, 4.69) is 34.3 Å². The molecule has 0 radical (unpaired) electrons. The number of aromatic nitrogens is 2. The Kier molecular flexibility index (Phi) is 7.82. The lowest BCUT2D eigenvalue weighted by molar-refractivity contribution is 0.281. The Labute approximate surface area is 150 Å². The maximum Gasteiger partial charge on any atom is 0.193 e. The van der Waals surface area contributed by atoms with Crippen LogP contribution in [0.15, 0.2) is 41.5 Å². The molecule has 6 nitrogen and oxygen atoms in total. The second kappa shape index (κ2) is 10.4. The zero-order valence-electron chi connectivity index (χ0n) is 15.5. The molecule has 0 bridgehead atoms. The topological polar surface area (TPSA) is 65.5 Å². The lowest BCUT2D eigenvalue weighted by Crippen LogP contribution is -2.41. The average Bonchev–Trinajstić information content (AvgIpc) is 3.03. The first-order valence-electron chi connectivity index (χ1n) is 8.87. The maximum atomic E-state index is 5.76. The number of likely N-dealkylation sites (N-methyl/N-ethyl adjacent to an activating group) is 1. The van der Waals surface area contributed by atoms with Crippen LogP contribution in [-0.2, 0) is 6.42 Å². The second-order valence-corrected chi connectivity index (χ2v) is 5.94. The third-order valence-corrected chi connectivity index (χ3v) is 3.94. The van der Waals surface area contributed by atoms with E-state index in [1.807, 2.05) is 43.6 Å². The molecule has 136 valence electrons. The number of aryl methyl sites for hydroxylation is 2. The van der Waals surface area contributed by atoms with Crippen LogP contribution in [0.3, 0.4) is 0 Å². The zero-order valence-corrected chi connectivity index (χ0v) is 15.5. The number of nitrogens with one attached hydrogen (secondary N) is 2. The van der Waals surface area contributed by atoms with Gasteiger partial charge in [0, 0.05) is 25.8 Å². The number of rotatable bonds is 9. The molecule has 6 heteroatoms. The van der Waals surface area contributed by atoms with E-state index in [4.69, 9.17) is 9.73 Å². The van der Waals surface area contributed by atoms with E-state index < -0.39 is 0 Å². The van der Waals surface area contributed by atoms with E-state index in [9.17, 15) is 0 Å². The van der Waals surface area contributed by atoms with Crippen molar-refractivity contribution in [1.29, 1.82) is 0 Å². The maximum absolute atomic E-state index is 5.76. The Morgan fingerprint density at radius 2 is 2.12 bits per heavy atom. The molecule has 0 unspecified atom stereocenters. The van der Waals surface area contributed by atoms with E-state index in [-0.39, 0.29) is 0 Å². The van der Waals surface area contributed by atoms with Crippen LogP contribution in [0.4, 0.5) is 0 Å². The molecule has 0 amide bonds. The highest BCUT2D eigenvalue weighted by molar-refractivity contribution is 5.79. The highest BCUT2D eigenvalue weighted by Gasteiger charge is 2.06. The number of aromatic amines is 1. The van der Waals surface area contributed by atoms with Crippen molar-refractivity contribution in [2.75, 3.05) is 33.3 Å². The van der Waals surface area contributed by atoms with Gasteiger partial charge in [-0.25, -0.2) is 0 Å². The van der Waals surface area contributed by atoms with Gasteiger partial charge in [-0.15, -0.1) is 0 Å². The number of benzene rings is 1. The Morgan fingerprint density at radius 3 is 2.80 bits per heavy atom. The van der Waals surface area contributed by atoms with E-state index in [0.717, 1.165) is 49.9 Å². The normalized spacial score (nSPS) is 11.4. The van der Waals surface area contributed by atoms with Gasteiger partial charge < -0.3 is 15.0 Å². The highest BCUT2D eigenvalue weighted by atomic mass is 16.5. The summed E-state index contributed by atoms with van der Waals surface area (Å²) in [5.74, 6) is 1.82. The summed E-state index contributed by atoms with van der Waals surface area (Å²) in [5, 5.41) is 10.4. The molecule has 1 aromatic heterocycles. The van der Waals surface area contributed by atoms with Gasteiger partial charge in [-0.1, -0.05) is 18.2 Å². The van der Waals surface area contributed by atoms with Crippen LogP contribution in [0, 0.1) is 6.92 Å². The number of hydrogen-bond acceptors (Lipinski definition) is 3.